The largest absolute Gasteiger partial charge is 0.545 e. The van der Waals surface area contributed by atoms with E-state index >= 15 is 0 Å². The van der Waals surface area contributed by atoms with E-state index in [4.69, 9.17) is 4.74 Å². The van der Waals surface area contributed by atoms with Crippen molar-refractivity contribution in [1.82, 2.24) is 4.90 Å². The summed E-state index contributed by atoms with van der Waals surface area (Å²) in [6.07, 6.45) is 1.69. The first-order chi connectivity index (χ1) is 15.5. The number of carboxylic acid groups (broad SMARTS) is 1. The van der Waals surface area contributed by atoms with Crippen LogP contribution in [0.15, 0.2) is 83.8 Å². The zero-order valence-electron chi connectivity index (χ0n) is 16.9. The molecule has 1 aliphatic rings. The Morgan fingerprint density at radius 2 is 1.59 bits per heavy atom. The zero-order chi connectivity index (χ0) is 22.5. The lowest BCUT2D eigenvalue weighted by Gasteiger charge is -2.12. The van der Waals surface area contributed by atoms with Crippen molar-refractivity contribution in [1.29, 1.82) is 0 Å². The summed E-state index contributed by atoms with van der Waals surface area (Å²) in [5, 5.41) is 10.5. The fraction of sp³-hybridized carbons (Fsp3) is 0.0800. The van der Waals surface area contributed by atoms with Gasteiger partial charge in [-0.25, -0.2) is 0 Å². The van der Waals surface area contributed by atoms with Crippen molar-refractivity contribution in [2.75, 3.05) is 0 Å². The molecule has 32 heavy (non-hydrogen) atoms. The number of carbonyl (C=O) groups excluding carboxylic acids is 3. The van der Waals surface area contributed by atoms with Crippen LogP contribution < -0.4 is 9.84 Å². The second-order valence-electron chi connectivity index (χ2n) is 7.10. The van der Waals surface area contributed by atoms with Gasteiger partial charge in [0.25, 0.3) is 11.1 Å². The normalized spacial score (nSPS) is 14.8. The van der Waals surface area contributed by atoms with Gasteiger partial charge in [0.1, 0.15) is 12.4 Å². The van der Waals surface area contributed by atoms with E-state index in [2.05, 4.69) is 0 Å². The van der Waals surface area contributed by atoms with Crippen LogP contribution >= 0.6 is 11.8 Å². The van der Waals surface area contributed by atoms with Crippen molar-refractivity contribution >= 4 is 35.0 Å². The number of thioether (sulfide) groups is 1. The van der Waals surface area contributed by atoms with E-state index < -0.39 is 5.97 Å². The van der Waals surface area contributed by atoms with E-state index in [9.17, 15) is 19.5 Å². The third-order valence-corrected chi connectivity index (χ3v) is 5.74. The Balaban J connectivity index is 1.38. The molecule has 0 radical (unpaired) electrons. The topological polar surface area (TPSA) is 86.7 Å². The molecule has 0 N–H and O–H groups in total. The first kappa shape index (κ1) is 21.4. The molecule has 160 valence electrons. The number of carbonyl (C=O) groups is 3. The van der Waals surface area contributed by atoms with E-state index in [0.29, 0.717) is 10.7 Å². The number of carboxylic acids is 1. The van der Waals surface area contributed by atoms with E-state index in [1.165, 1.54) is 17.0 Å². The second-order valence-corrected chi connectivity index (χ2v) is 8.09. The van der Waals surface area contributed by atoms with Gasteiger partial charge in [-0.3, -0.25) is 14.5 Å². The molecule has 7 heteroatoms. The molecule has 1 fully saturated rings. The monoisotopic (exact) mass is 444 g/mol. The molecule has 0 aliphatic carbocycles. The molecule has 1 heterocycles. The lowest BCUT2D eigenvalue weighted by Crippen LogP contribution is -2.27. The van der Waals surface area contributed by atoms with E-state index in [0.717, 1.165) is 28.5 Å². The molecule has 0 unspecified atom stereocenters. The van der Waals surface area contributed by atoms with Crippen molar-refractivity contribution in [3.05, 3.63) is 106 Å². The molecule has 3 aromatic rings. The van der Waals surface area contributed by atoms with Crippen LogP contribution in [-0.2, 0) is 17.9 Å². The van der Waals surface area contributed by atoms with Crippen molar-refractivity contribution in [2.45, 2.75) is 13.2 Å². The quantitative estimate of drug-likeness (QED) is 0.514. The molecule has 1 aliphatic heterocycles. The van der Waals surface area contributed by atoms with E-state index in [-0.39, 0.29) is 29.9 Å². The smallest absolute Gasteiger partial charge is 0.293 e. The van der Waals surface area contributed by atoms with Gasteiger partial charge in [0.15, 0.2) is 0 Å². The van der Waals surface area contributed by atoms with Gasteiger partial charge in [-0.2, -0.15) is 0 Å². The number of rotatable bonds is 7. The van der Waals surface area contributed by atoms with Crippen LogP contribution in [0, 0.1) is 0 Å². The highest BCUT2D eigenvalue weighted by molar-refractivity contribution is 8.18. The summed E-state index contributed by atoms with van der Waals surface area (Å²) in [4.78, 5) is 37.4. The Labute approximate surface area is 189 Å². The van der Waals surface area contributed by atoms with Gasteiger partial charge < -0.3 is 14.6 Å². The number of benzene rings is 3. The zero-order valence-corrected chi connectivity index (χ0v) is 17.7. The molecular formula is C25H18NO5S-. The summed E-state index contributed by atoms with van der Waals surface area (Å²) in [7, 11) is 0. The fourth-order valence-electron chi connectivity index (χ4n) is 3.12. The molecule has 0 aromatic heterocycles. The fourth-order valence-corrected chi connectivity index (χ4v) is 3.96. The number of hydrogen-bond acceptors (Lipinski definition) is 6. The Morgan fingerprint density at radius 3 is 2.25 bits per heavy atom. The van der Waals surface area contributed by atoms with Gasteiger partial charge in [-0.15, -0.1) is 0 Å². The van der Waals surface area contributed by atoms with Crippen LogP contribution in [0.5, 0.6) is 5.75 Å². The number of amides is 2. The molecule has 0 atom stereocenters. The maximum absolute atomic E-state index is 12.7. The van der Waals surface area contributed by atoms with Gasteiger partial charge in [0, 0.05) is 0 Å². The molecular weight excluding hydrogens is 426 g/mol. The highest BCUT2D eigenvalue weighted by Gasteiger charge is 2.34. The van der Waals surface area contributed by atoms with Gasteiger partial charge in [-0.1, -0.05) is 66.7 Å². The number of nitrogens with zero attached hydrogens (tertiary/aromatic N) is 1. The van der Waals surface area contributed by atoms with Gasteiger partial charge in [-0.05, 0) is 52.2 Å². The minimum atomic E-state index is -1.22. The Kier molecular flexibility index (Phi) is 6.37. The molecule has 1 saturated heterocycles. The summed E-state index contributed by atoms with van der Waals surface area (Å²) in [6.45, 7) is 0.532. The van der Waals surface area contributed by atoms with Crippen LogP contribution in [0.25, 0.3) is 6.08 Å². The standard InChI is InChI=1S/C25H19NO5S/c27-23-22(32-25(30)26(23)15-18-4-2-1-3-5-18)14-17-8-12-21(13-9-17)31-16-19-6-10-20(11-7-19)24(28)29/h1-14H,15-16H2,(H,28,29)/p-1/b22-14-. The predicted molar refractivity (Wildman–Crippen MR) is 120 cm³/mol. The van der Waals surface area contributed by atoms with Gasteiger partial charge in [0.2, 0.25) is 0 Å². The maximum atomic E-state index is 12.7. The molecule has 4 rings (SSSR count). The van der Waals surface area contributed by atoms with Gasteiger partial charge in [0.05, 0.1) is 17.4 Å². The minimum absolute atomic E-state index is 0.117. The van der Waals surface area contributed by atoms with Crippen molar-refractivity contribution in [3.8, 4) is 5.75 Å². The minimum Gasteiger partial charge on any atom is -0.545 e. The molecule has 0 saturated carbocycles. The Morgan fingerprint density at radius 1 is 0.906 bits per heavy atom. The Hall–Kier alpha value is -3.84. The molecule has 0 bridgehead atoms. The van der Waals surface area contributed by atoms with Crippen LogP contribution in [-0.4, -0.2) is 22.0 Å². The average molecular weight is 444 g/mol. The maximum Gasteiger partial charge on any atom is 0.293 e. The van der Waals surface area contributed by atoms with Crippen molar-refractivity contribution in [2.24, 2.45) is 0 Å². The summed E-state index contributed by atoms with van der Waals surface area (Å²) in [6, 6.07) is 22.8. The van der Waals surface area contributed by atoms with Crippen molar-refractivity contribution < 1.29 is 24.2 Å². The lowest BCUT2D eigenvalue weighted by atomic mass is 10.1. The summed E-state index contributed by atoms with van der Waals surface area (Å²) in [5.41, 5.74) is 2.62. The third-order valence-electron chi connectivity index (χ3n) is 4.83. The Bertz CT molecular complexity index is 1170. The number of aromatic carboxylic acids is 1. The van der Waals surface area contributed by atoms with Crippen LogP contribution in [0.2, 0.25) is 0 Å². The van der Waals surface area contributed by atoms with Crippen LogP contribution in [0.1, 0.15) is 27.0 Å². The number of ether oxygens (including phenoxy) is 1. The first-order valence-corrected chi connectivity index (χ1v) is 10.6. The lowest BCUT2D eigenvalue weighted by molar-refractivity contribution is -0.255. The van der Waals surface area contributed by atoms with E-state index in [1.54, 1.807) is 42.5 Å². The summed E-state index contributed by atoms with van der Waals surface area (Å²) >= 11 is 0.932. The molecule has 3 aromatic carbocycles. The summed E-state index contributed by atoms with van der Waals surface area (Å²) < 4.78 is 5.72. The second kappa shape index (κ2) is 9.53. The van der Waals surface area contributed by atoms with Gasteiger partial charge >= 0.3 is 0 Å². The third kappa shape index (κ3) is 5.07. The van der Waals surface area contributed by atoms with Crippen LogP contribution in [0.3, 0.4) is 0 Å². The molecule has 6 nitrogen and oxygen atoms in total. The number of imide groups is 1. The predicted octanol–water partition coefficient (Wildman–Crippen LogP) is 3.87. The highest BCUT2D eigenvalue weighted by atomic mass is 32.2. The highest BCUT2D eigenvalue weighted by Crippen LogP contribution is 2.33. The first-order valence-electron chi connectivity index (χ1n) is 9.82. The van der Waals surface area contributed by atoms with Crippen molar-refractivity contribution in [3.63, 3.8) is 0 Å². The average Bonchev–Trinajstić information content (AvgIpc) is 3.07. The number of hydrogen-bond donors (Lipinski definition) is 0. The van der Waals surface area contributed by atoms with E-state index in [1.807, 2.05) is 30.3 Å². The molecule has 0 spiro atoms. The van der Waals surface area contributed by atoms with Crippen LogP contribution in [0.4, 0.5) is 4.79 Å². The SMILES string of the molecule is O=C([O-])c1ccc(COc2ccc(/C=C3\SC(=O)N(Cc4ccccc4)C3=O)cc2)cc1. The summed E-state index contributed by atoms with van der Waals surface area (Å²) in [5.74, 6) is -0.890. The molecule has 2 amide bonds.